The smallest absolute Gasteiger partial charge is 0.330 e. The highest BCUT2D eigenvalue weighted by Gasteiger charge is 2.22. The molecule has 3 N–H and O–H groups in total. The molecule has 1 aliphatic heterocycles. The van der Waals surface area contributed by atoms with Crippen molar-refractivity contribution in [3.8, 4) is 28.0 Å². The first-order chi connectivity index (χ1) is 21.5. The Bertz CT molecular complexity index is 1930. The Labute approximate surface area is 257 Å². The van der Waals surface area contributed by atoms with Gasteiger partial charge in [-0.2, -0.15) is 0 Å². The van der Waals surface area contributed by atoms with E-state index in [0.29, 0.717) is 46.5 Å². The lowest BCUT2D eigenvalue weighted by Crippen LogP contribution is -2.40. The van der Waals surface area contributed by atoms with Gasteiger partial charge in [-0.15, -0.1) is 0 Å². The van der Waals surface area contributed by atoms with Crippen molar-refractivity contribution in [1.82, 2.24) is 19.8 Å². The van der Waals surface area contributed by atoms with E-state index in [-0.39, 0.29) is 35.3 Å². The van der Waals surface area contributed by atoms with Crippen molar-refractivity contribution in [2.45, 2.75) is 32.4 Å². The maximum absolute atomic E-state index is 15.9. The minimum Gasteiger partial charge on any atom is -0.496 e. The van der Waals surface area contributed by atoms with Crippen LogP contribution in [0.5, 0.6) is 5.75 Å². The number of hydrogen-bond acceptors (Lipinski definition) is 6. The van der Waals surface area contributed by atoms with Crippen LogP contribution in [0.15, 0.2) is 64.3 Å². The van der Waals surface area contributed by atoms with Gasteiger partial charge in [0.1, 0.15) is 17.1 Å². The van der Waals surface area contributed by atoms with Crippen molar-refractivity contribution < 1.29 is 23.1 Å². The number of carbonyl (C=O) groups is 2. The van der Waals surface area contributed by atoms with Gasteiger partial charge in [0.05, 0.1) is 12.8 Å². The van der Waals surface area contributed by atoms with E-state index < -0.39 is 28.8 Å². The van der Waals surface area contributed by atoms with Crippen molar-refractivity contribution in [2.24, 2.45) is 14.1 Å². The van der Waals surface area contributed by atoms with Crippen LogP contribution < -0.4 is 31.9 Å². The molecule has 1 fully saturated rings. The second-order valence-corrected chi connectivity index (χ2v) is 11.0. The summed E-state index contributed by atoms with van der Waals surface area (Å²) < 4.78 is 38.8. The van der Waals surface area contributed by atoms with Crippen LogP contribution in [0.1, 0.15) is 34.3 Å². The lowest BCUT2D eigenvalue weighted by molar-refractivity contribution is -0.119. The highest BCUT2D eigenvalue weighted by Crippen LogP contribution is 2.37. The molecular weight excluding hydrogens is 584 g/mol. The van der Waals surface area contributed by atoms with Gasteiger partial charge in [0.2, 0.25) is 5.91 Å². The van der Waals surface area contributed by atoms with Gasteiger partial charge in [-0.05, 0) is 53.8 Å². The summed E-state index contributed by atoms with van der Waals surface area (Å²) in [6.07, 6.45) is 2.32. The molecule has 0 radical (unpaired) electrons. The van der Waals surface area contributed by atoms with E-state index in [1.807, 2.05) is 0 Å². The number of aromatic nitrogens is 2. The lowest BCUT2D eigenvalue weighted by atomic mass is 9.91. The monoisotopic (exact) mass is 617 g/mol. The summed E-state index contributed by atoms with van der Waals surface area (Å²) in [6, 6.07) is 12.9. The minimum absolute atomic E-state index is 0.00403. The number of rotatable bonds is 9. The third-order valence-corrected chi connectivity index (χ3v) is 8.02. The zero-order chi connectivity index (χ0) is 32.4. The van der Waals surface area contributed by atoms with Gasteiger partial charge in [-0.25, -0.2) is 13.6 Å². The molecule has 45 heavy (non-hydrogen) atoms. The summed E-state index contributed by atoms with van der Waals surface area (Å²) in [5.41, 5.74) is 1.03. The fourth-order valence-electron chi connectivity index (χ4n) is 5.55. The maximum atomic E-state index is 15.9. The molecule has 2 amide bonds. The largest absolute Gasteiger partial charge is 0.496 e. The number of benzene rings is 3. The van der Waals surface area contributed by atoms with E-state index in [9.17, 15) is 19.2 Å². The zero-order valence-electron chi connectivity index (χ0n) is 25.3. The average Bonchev–Trinajstić information content (AvgIpc) is 3.44. The van der Waals surface area contributed by atoms with Crippen LogP contribution in [0.2, 0.25) is 0 Å². The number of aryl methyl sites for hydroxylation is 1. The first-order valence-electron chi connectivity index (χ1n) is 14.3. The molecule has 0 aliphatic carbocycles. The van der Waals surface area contributed by atoms with Gasteiger partial charge in [-0.3, -0.25) is 19.0 Å². The van der Waals surface area contributed by atoms with Gasteiger partial charge < -0.3 is 25.3 Å². The molecule has 3 aromatic carbocycles. The summed E-state index contributed by atoms with van der Waals surface area (Å²) in [6.45, 7) is 2.50. The van der Waals surface area contributed by atoms with Gasteiger partial charge in [0.25, 0.3) is 11.5 Å². The number of carbonyl (C=O) groups excluding carboxylic acids is 2. The Morgan fingerprint density at radius 1 is 1.04 bits per heavy atom. The number of ether oxygens (including phenoxy) is 1. The van der Waals surface area contributed by atoms with Gasteiger partial charge in [0, 0.05) is 57.0 Å². The number of anilines is 1. The molecule has 4 aromatic rings. The summed E-state index contributed by atoms with van der Waals surface area (Å²) in [7, 11) is 4.12. The maximum Gasteiger partial charge on any atom is 0.330 e. The number of amides is 2. The van der Waals surface area contributed by atoms with E-state index in [4.69, 9.17) is 4.74 Å². The summed E-state index contributed by atoms with van der Waals surface area (Å²) >= 11 is 0. The van der Waals surface area contributed by atoms with Crippen LogP contribution in [-0.2, 0) is 25.4 Å². The topological polar surface area (TPSA) is 123 Å². The fourth-order valence-corrected chi connectivity index (χ4v) is 5.55. The number of hydrogen-bond donors (Lipinski definition) is 3. The van der Waals surface area contributed by atoms with Gasteiger partial charge in [-0.1, -0.05) is 30.3 Å². The Hall–Kier alpha value is -5.10. The molecule has 1 aromatic heterocycles. The second-order valence-electron chi connectivity index (χ2n) is 11.0. The van der Waals surface area contributed by atoms with Crippen LogP contribution in [0.25, 0.3) is 22.3 Å². The highest BCUT2D eigenvalue weighted by atomic mass is 19.1. The zero-order valence-corrected chi connectivity index (χ0v) is 25.3. The van der Waals surface area contributed by atoms with Crippen LogP contribution in [-0.4, -0.2) is 40.6 Å². The number of halogens is 2. The van der Waals surface area contributed by atoms with E-state index in [1.54, 1.807) is 43.3 Å². The molecule has 1 saturated heterocycles. The normalized spacial score (nSPS) is 14.4. The molecule has 0 unspecified atom stereocenters. The van der Waals surface area contributed by atoms with E-state index in [2.05, 4.69) is 16.0 Å². The molecule has 1 aliphatic rings. The molecule has 2 heterocycles. The third-order valence-electron chi connectivity index (χ3n) is 8.02. The number of methoxy groups -OCH3 is 1. The molecule has 0 bridgehead atoms. The van der Waals surface area contributed by atoms with Crippen LogP contribution in [0.4, 0.5) is 14.5 Å². The van der Waals surface area contributed by atoms with Crippen LogP contribution in [0, 0.1) is 18.6 Å². The highest BCUT2D eigenvalue weighted by molar-refractivity contribution is 6.04. The first kappa shape index (κ1) is 31.3. The van der Waals surface area contributed by atoms with E-state index >= 15 is 8.78 Å². The second kappa shape index (κ2) is 12.9. The van der Waals surface area contributed by atoms with Crippen molar-refractivity contribution in [2.75, 3.05) is 19.0 Å². The lowest BCUT2D eigenvalue weighted by Gasteiger charge is -2.17. The van der Waals surface area contributed by atoms with Crippen molar-refractivity contribution >= 4 is 17.5 Å². The standard InChI is InChI=1S/C33H33F2N5O5/c1-18-21(19-13-26(34)24(28(14-19)45-4)16-36-15-20-11-12-29(41)37-20)7-5-8-22(18)23-9-6-10-27(30(23)35)38-31(42)25-17-39(2)33(44)40(3)32(25)43/h5-10,13-14,17,20,36H,11-12,15-16H2,1-4H3,(H,37,41)(H,38,42)/t20-/m0/s1. The quantitative estimate of drug-likeness (QED) is 0.264. The Morgan fingerprint density at radius 3 is 2.47 bits per heavy atom. The Balaban J connectivity index is 1.42. The first-order valence-corrected chi connectivity index (χ1v) is 14.3. The molecule has 234 valence electrons. The minimum atomic E-state index is -0.863. The van der Waals surface area contributed by atoms with E-state index in [1.165, 1.54) is 33.3 Å². The summed E-state index contributed by atoms with van der Waals surface area (Å²) in [4.78, 5) is 48.9. The van der Waals surface area contributed by atoms with Gasteiger partial charge >= 0.3 is 5.69 Å². The van der Waals surface area contributed by atoms with Crippen LogP contribution >= 0.6 is 0 Å². The van der Waals surface area contributed by atoms with Crippen molar-refractivity contribution in [3.05, 3.63) is 104 Å². The fraction of sp³-hybridized carbons (Fsp3) is 0.273. The third kappa shape index (κ3) is 6.27. The summed E-state index contributed by atoms with van der Waals surface area (Å²) in [5.74, 6) is -1.71. The molecular formula is C33H33F2N5O5. The predicted molar refractivity (Wildman–Crippen MR) is 166 cm³/mol. The number of nitrogens with one attached hydrogen (secondary N) is 3. The number of nitrogens with zero attached hydrogens (tertiary/aromatic N) is 2. The predicted octanol–water partition coefficient (Wildman–Crippen LogP) is 3.63. The molecule has 5 rings (SSSR count). The van der Waals surface area contributed by atoms with Gasteiger partial charge in [0.15, 0.2) is 5.82 Å². The van der Waals surface area contributed by atoms with Crippen molar-refractivity contribution in [1.29, 1.82) is 0 Å². The molecule has 12 heteroatoms. The van der Waals surface area contributed by atoms with Crippen molar-refractivity contribution in [3.63, 3.8) is 0 Å². The van der Waals surface area contributed by atoms with E-state index in [0.717, 1.165) is 21.8 Å². The average molecular weight is 618 g/mol. The summed E-state index contributed by atoms with van der Waals surface area (Å²) in [5, 5.41) is 8.51. The SMILES string of the molecule is COc1cc(-c2cccc(-c3cccc(NC(=O)c4cn(C)c(=O)n(C)c4=O)c3F)c2C)cc(F)c1CNC[C@@H]1CCC(=O)N1. The Morgan fingerprint density at radius 2 is 1.76 bits per heavy atom. The Kier molecular flexibility index (Phi) is 8.96. The molecule has 1 atom stereocenters. The molecule has 0 spiro atoms. The molecule has 10 nitrogen and oxygen atoms in total. The van der Waals surface area contributed by atoms with Crippen LogP contribution in [0.3, 0.4) is 0 Å². The molecule has 0 saturated carbocycles.